The number of benzene rings is 2. The van der Waals surface area contributed by atoms with E-state index in [1.807, 2.05) is 0 Å². The standard InChI is InChI=1S/C20H21F2N3O6S/c1-30-16-5-3-2-4-13(16)11-23-19(26)20(27)24-12-18-25(8-9-31-18)32(28,29)17-10-14(21)6-7-15(17)22/h2-7,10,18H,8-9,11-12H2,1H3,(H,23,26)(H,24,27)/t18-/m0/s1. The lowest BCUT2D eigenvalue weighted by molar-refractivity contribution is -0.139. The lowest BCUT2D eigenvalue weighted by atomic mass is 10.2. The van der Waals surface area contributed by atoms with Crippen LogP contribution in [0.1, 0.15) is 5.56 Å². The van der Waals surface area contributed by atoms with Gasteiger partial charge in [0.1, 0.15) is 28.5 Å². The van der Waals surface area contributed by atoms with Crippen molar-refractivity contribution < 1.29 is 36.3 Å². The smallest absolute Gasteiger partial charge is 0.309 e. The van der Waals surface area contributed by atoms with Crippen LogP contribution in [-0.2, 0) is 30.9 Å². The van der Waals surface area contributed by atoms with Gasteiger partial charge in [-0.05, 0) is 24.3 Å². The number of methoxy groups -OCH3 is 1. The van der Waals surface area contributed by atoms with E-state index in [1.165, 1.54) is 7.11 Å². The third-order valence-electron chi connectivity index (χ3n) is 4.70. The van der Waals surface area contributed by atoms with E-state index in [1.54, 1.807) is 24.3 Å². The summed E-state index contributed by atoms with van der Waals surface area (Å²) in [6.45, 7) is -0.470. The van der Waals surface area contributed by atoms with Crippen LogP contribution >= 0.6 is 0 Å². The highest BCUT2D eigenvalue weighted by molar-refractivity contribution is 7.89. The van der Waals surface area contributed by atoms with E-state index >= 15 is 0 Å². The van der Waals surface area contributed by atoms with Crippen LogP contribution in [0.15, 0.2) is 47.4 Å². The summed E-state index contributed by atoms with van der Waals surface area (Å²) in [5.74, 6) is -3.44. The third-order valence-corrected chi connectivity index (χ3v) is 6.60. The zero-order valence-corrected chi connectivity index (χ0v) is 17.8. The van der Waals surface area contributed by atoms with Crippen LogP contribution in [0, 0.1) is 11.6 Å². The summed E-state index contributed by atoms with van der Waals surface area (Å²) in [6.07, 6.45) is -1.19. The molecule has 0 aliphatic carbocycles. The predicted molar refractivity (Wildman–Crippen MR) is 108 cm³/mol. The van der Waals surface area contributed by atoms with Crippen molar-refractivity contribution in [2.75, 3.05) is 26.8 Å². The quantitative estimate of drug-likeness (QED) is 0.579. The van der Waals surface area contributed by atoms with Crippen LogP contribution in [-0.4, -0.2) is 57.6 Å². The number of rotatable bonds is 7. The van der Waals surface area contributed by atoms with Crippen molar-refractivity contribution in [1.82, 2.24) is 14.9 Å². The minimum Gasteiger partial charge on any atom is -0.496 e. The Hall–Kier alpha value is -3.09. The zero-order chi connectivity index (χ0) is 23.3. The Morgan fingerprint density at radius 1 is 1.16 bits per heavy atom. The maximum atomic E-state index is 14.0. The molecule has 1 heterocycles. The van der Waals surface area contributed by atoms with Crippen molar-refractivity contribution in [3.63, 3.8) is 0 Å². The molecule has 172 valence electrons. The fraction of sp³-hybridized carbons (Fsp3) is 0.300. The summed E-state index contributed by atoms with van der Waals surface area (Å²) in [4.78, 5) is 23.3. The third kappa shape index (κ3) is 5.21. The first-order valence-corrected chi connectivity index (χ1v) is 10.9. The monoisotopic (exact) mass is 469 g/mol. The van der Waals surface area contributed by atoms with Gasteiger partial charge in [0.2, 0.25) is 10.0 Å². The molecule has 2 amide bonds. The lowest BCUT2D eigenvalue weighted by Gasteiger charge is -2.23. The highest BCUT2D eigenvalue weighted by atomic mass is 32.2. The van der Waals surface area contributed by atoms with Crippen molar-refractivity contribution in [3.8, 4) is 5.75 Å². The molecular formula is C20H21F2N3O6S. The average Bonchev–Trinajstić information content (AvgIpc) is 3.27. The Bertz CT molecular complexity index is 1110. The molecular weight excluding hydrogens is 448 g/mol. The van der Waals surface area contributed by atoms with E-state index in [0.717, 1.165) is 10.4 Å². The molecule has 3 rings (SSSR count). The molecule has 12 heteroatoms. The Balaban J connectivity index is 1.60. The second-order valence-corrected chi connectivity index (χ2v) is 8.58. The maximum absolute atomic E-state index is 14.0. The van der Waals surface area contributed by atoms with Gasteiger partial charge in [-0.3, -0.25) is 9.59 Å². The molecule has 1 fully saturated rings. The van der Waals surface area contributed by atoms with Gasteiger partial charge in [-0.15, -0.1) is 0 Å². The van der Waals surface area contributed by atoms with Crippen LogP contribution in [0.2, 0.25) is 0 Å². The van der Waals surface area contributed by atoms with Gasteiger partial charge < -0.3 is 20.1 Å². The molecule has 1 aliphatic rings. The molecule has 0 radical (unpaired) electrons. The zero-order valence-electron chi connectivity index (χ0n) is 17.0. The van der Waals surface area contributed by atoms with E-state index in [2.05, 4.69) is 10.6 Å². The molecule has 1 saturated heterocycles. The molecule has 2 aromatic rings. The van der Waals surface area contributed by atoms with Crippen LogP contribution < -0.4 is 15.4 Å². The van der Waals surface area contributed by atoms with E-state index in [0.29, 0.717) is 23.4 Å². The molecule has 1 atom stereocenters. The summed E-state index contributed by atoms with van der Waals surface area (Å²) in [6, 6.07) is 9.02. The van der Waals surface area contributed by atoms with Crippen molar-refractivity contribution in [1.29, 1.82) is 0 Å². The van der Waals surface area contributed by atoms with Crippen molar-refractivity contribution in [3.05, 3.63) is 59.7 Å². The Labute approximate surface area is 183 Å². The number of nitrogens with zero attached hydrogens (tertiary/aromatic N) is 1. The van der Waals surface area contributed by atoms with Crippen LogP contribution in [0.5, 0.6) is 5.75 Å². The van der Waals surface area contributed by atoms with Gasteiger partial charge in [-0.1, -0.05) is 18.2 Å². The lowest BCUT2D eigenvalue weighted by Crippen LogP contribution is -2.47. The highest BCUT2D eigenvalue weighted by Crippen LogP contribution is 2.25. The summed E-state index contributed by atoms with van der Waals surface area (Å²) < 4.78 is 64.2. The summed E-state index contributed by atoms with van der Waals surface area (Å²) in [5.41, 5.74) is 0.657. The van der Waals surface area contributed by atoms with Crippen molar-refractivity contribution in [2.45, 2.75) is 17.7 Å². The first-order chi connectivity index (χ1) is 15.2. The van der Waals surface area contributed by atoms with Gasteiger partial charge in [0, 0.05) is 18.7 Å². The van der Waals surface area contributed by atoms with E-state index in [9.17, 15) is 26.8 Å². The molecule has 0 spiro atoms. The van der Waals surface area contributed by atoms with E-state index in [4.69, 9.17) is 9.47 Å². The number of halogens is 2. The number of nitrogens with one attached hydrogen (secondary N) is 2. The van der Waals surface area contributed by atoms with Gasteiger partial charge in [0.15, 0.2) is 0 Å². The number of carbonyl (C=O) groups is 2. The number of ether oxygens (including phenoxy) is 2. The molecule has 32 heavy (non-hydrogen) atoms. The van der Waals surface area contributed by atoms with Gasteiger partial charge in [-0.2, -0.15) is 4.31 Å². The maximum Gasteiger partial charge on any atom is 0.309 e. The fourth-order valence-electron chi connectivity index (χ4n) is 3.11. The number of amides is 2. The van der Waals surface area contributed by atoms with Crippen molar-refractivity contribution >= 4 is 21.8 Å². The van der Waals surface area contributed by atoms with Gasteiger partial charge >= 0.3 is 11.8 Å². The Morgan fingerprint density at radius 2 is 1.88 bits per heavy atom. The largest absolute Gasteiger partial charge is 0.496 e. The molecule has 2 N–H and O–H groups in total. The SMILES string of the molecule is COc1ccccc1CNC(=O)C(=O)NC[C@@H]1OCCN1S(=O)(=O)c1cc(F)ccc1F. The Morgan fingerprint density at radius 3 is 2.62 bits per heavy atom. The molecule has 0 aromatic heterocycles. The van der Waals surface area contributed by atoms with Crippen LogP contribution in [0.3, 0.4) is 0 Å². The summed E-state index contributed by atoms with van der Waals surface area (Å²) in [5, 5.41) is 4.72. The first-order valence-electron chi connectivity index (χ1n) is 9.50. The molecule has 1 aliphatic heterocycles. The number of hydrogen-bond acceptors (Lipinski definition) is 6. The van der Waals surface area contributed by atoms with Crippen molar-refractivity contribution in [2.24, 2.45) is 0 Å². The normalized spacial score (nSPS) is 16.5. The molecule has 0 bridgehead atoms. The summed E-state index contributed by atoms with van der Waals surface area (Å²) >= 11 is 0. The number of hydrogen-bond donors (Lipinski definition) is 2. The first kappa shape index (κ1) is 23.6. The number of sulfonamides is 1. The van der Waals surface area contributed by atoms with Gasteiger partial charge in [0.05, 0.1) is 20.3 Å². The van der Waals surface area contributed by atoms with Gasteiger partial charge in [0.25, 0.3) is 0 Å². The molecule has 2 aromatic carbocycles. The van der Waals surface area contributed by atoms with Crippen LogP contribution in [0.4, 0.5) is 8.78 Å². The second kappa shape index (κ2) is 10.0. The second-order valence-electron chi connectivity index (χ2n) is 6.72. The van der Waals surface area contributed by atoms with Crippen LogP contribution in [0.25, 0.3) is 0 Å². The van der Waals surface area contributed by atoms with Gasteiger partial charge in [-0.25, -0.2) is 17.2 Å². The minimum atomic E-state index is -4.44. The minimum absolute atomic E-state index is 0.0172. The number of carbonyl (C=O) groups excluding carboxylic acids is 2. The van der Waals surface area contributed by atoms with E-state index < -0.39 is 44.6 Å². The summed E-state index contributed by atoms with van der Waals surface area (Å²) in [7, 11) is -2.96. The molecule has 0 unspecified atom stereocenters. The fourth-order valence-corrected chi connectivity index (χ4v) is 4.70. The topological polar surface area (TPSA) is 114 Å². The molecule has 0 saturated carbocycles. The highest BCUT2D eigenvalue weighted by Gasteiger charge is 2.38. The number of para-hydroxylation sites is 1. The molecule has 9 nitrogen and oxygen atoms in total. The predicted octanol–water partition coefficient (Wildman–Crippen LogP) is 0.753. The Kier molecular flexibility index (Phi) is 7.38. The van der Waals surface area contributed by atoms with E-state index in [-0.39, 0.29) is 26.2 Å². The average molecular weight is 469 g/mol.